The van der Waals surface area contributed by atoms with E-state index in [0.29, 0.717) is 44.1 Å². The zero-order chi connectivity index (χ0) is 19.4. The minimum absolute atomic E-state index is 0.0557. The molecular weight excluding hydrogens is 414 g/mol. The van der Waals surface area contributed by atoms with Gasteiger partial charge in [0.25, 0.3) is 11.6 Å². The van der Waals surface area contributed by atoms with E-state index in [2.05, 4.69) is 15.9 Å². The number of hydrogen-bond donors (Lipinski definition) is 0. The lowest BCUT2D eigenvalue weighted by Crippen LogP contribution is -2.36. The van der Waals surface area contributed by atoms with E-state index in [4.69, 9.17) is 4.74 Å². The smallest absolute Gasteiger partial charge is 0.293 e. The molecule has 1 amide bonds. The first-order valence-corrected chi connectivity index (χ1v) is 9.36. The van der Waals surface area contributed by atoms with Crippen molar-refractivity contribution >= 4 is 33.2 Å². The minimum Gasteiger partial charge on any atom is -0.378 e. The van der Waals surface area contributed by atoms with Crippen LogP contribution in [0.5, 0.6) is 0 Å². The number of nitrogens with zero attached hydrogens (tertiary/aromatic N) is 3. The van der Waals surface area contributed by atoms with Crippen molar-refractivity contribution in [2.45, 2.75) is 6.54 Å². The zero-order valence-corrected chi connectivity index (χ0v) is 16.5. The van der Waals surface area contributed by atoms with Crippen LogP contribution in [-0.2, 0) is 11.3 Å². The number of ether oxygens (including phenoxy) is 1. The van der Waals surface area contributed by atoms with Gasteiger partial charge < -0.3 is 14.5 Å². The summed E-state index contributed by atoms with van der Waals surface area (Å²) in [4.78, 5) is 27.3. The third-order valence-electron chi connectivity index (χ3n) is 4.45. The summed E-state index contributed by atoms with van der Waals surface area (Å²) < 4.78 is 6.27. The lowest BCUT2D eigenvalue weighted by molar-refractivity contribution is -0.384. The van der Waals surface area contributed by atoms with Gasteiger partial charge in [-0.15, -0.1) is 0 Å². The SMILES string of the molecule is CN(Cc1ccc(Br)cc1)C(=O)c1ccc(N2CCOCC2)c([N+](=O)[O-])c1. The minimum atomic E-state index is -0.434. The van der Waals surface area contributed by atoms with Gasteiger partial charge in [-0.05, 0) is 29.8 Å². The van der Waals surface area contributed by atoms with E-state index in [1.165, 1.54) is 6.07 Å². The van der Waals surface area contributed by atoms with Crippen molar-refractivity contribution in [3.8, 4) is 0 Å². The molecule has 0 aromatic heterocycles. The Hall–Kier alpha value is -2.45. The normalized spacial score (nSPS) is 14.1. The van der Waals surface area contributed by atoms with E-state index in [1.807, 2.05) is 29.2 Å². The Morgan fingerprint density at radius 1 is 1.22 bits per heavy atom. The summed E-state index contributed by atoms with van der Waals surface area (Å²) in [5.41, 5.74) is 1.75. The van der Waals surface area contributed by atoms with Crippen LogP contribution in [0.1, 0.15) is 15.9 Å². The molecule has 3 rings (SSSR count). The summed E-state index contributed by atoms with van der Waals surface area (Å²) in [6.45, 7) is 2.68. The van der Waals surface area contributed by atoms with Crippen molar-refractivity contribution < 1.29 is 14.5 Å². The Balaban J connectivity index is 1.80. The molecule has 2 aromatic carbocycles. The lowest BCUT2D eigenvalue weighted by atomic mass is 10.1. The Labute approximate surface area is 165 Å². The molecule has 0 unspecified atom stereocenters. The van der Waals surface area contributed by atoms with Crippen molar-refractivity contribution in [2.24, 2.45) is 0 Å². The molecule has 1 aliphatic heterocycles. The number of morpholine rings is 1. The summed E-state index contributed by atoms with van der Waals surface area (Å²) in [6, 6.07) is 12.4. The summed E-state index contributed by atoms with van der Waals surface area (Å²) in [5.74, 6) is -0.255. The molecule has 1 fully saturated rings. The molecule has 142 valence electrons. The number of carbonyl (C=O) groups is 1. The Kier molecular flexibility index (Phi) is 6.08. The third-order valence-corrected chi connectivity index (χ3v) is 4.98. The number of nitro groups is 1. The van der Waals surface area contributed by atoms with Gasteiger partial charge in [-0.3, -0.25) is 14.9 Å². The van der Waals surface area contributed by atoms with Crippen LogP contribution in [0.15, 0.2) is 46.9 Å². The monoisotopic (exact) mass is 433 g/mol. The average molecular weight is 434 g/mol. The molecule has 0 spiro atoms. The highest BCUT2D eigenvalue weighted by Crippen LogP contribution is 2.30. The molecule has 27 heavy (non-hydrogen) atoms. The standard InChI is InChI=1S/C19H20BrN3O4/c1-21(13-14-2-5-16(20)6-3-14)19(24)15-4-7-17(18(12-15)23(25)26)22-8-10-27-11-9-22/h2-7,12H,8-11,13H2,1H3. The largest absolute Gasteiger partial charge is 0.378 e. The van der Waals surface area contributed by atoms with Crippen LogP contribution < -0.4 is 4.90 Å². The molecule has 0 aliphatic carbocycles. The second kappa shape index (κ2) is 8.49. The van der Waals surface area contributed by atoms with Crippen molar-refractivity contribution in [1.82, 2.24) is 4.90 Å². The Bertz CT molecular complexity index is 835. The van der Waals surface area contributed by atoms with Gasteiger partial charge in [0.05, 0.1) is 18.1 Å². The van der Waals surface area contributed by atoms with Crippen LogP contribution in [0, 0.1) is 10.1 Å². The van der Waals surface area contributed by atoms with Crippen molar-refractivity contribution in [1.29, 1.82) is 0 Å². The quantitative estimate of drug-likeness (QED) is 0.532. The zero-order valence-electron chi connectivity index (χ0n) is 14.9. The Morgan fingerprint density at radius 2 is 1.89 bits per heavy atom. The predicted octanol–water partition coefficient (Wildman–Crippen LogP) is 3.47. The molecule has 0 atom stereocenters. The maximum Gasteiger partial charge on any atom is 0.293 e. The van der Waals surface area contributed by atoms with Crippen LogP contribution in [0.4, 0.5) is 11.4 Å². The number of rotatable bonds is 5. The molecule has 0 bridgehead atoms. The first-order valence-electron chi connectivity index (χ1n) is 8.57. The molecule has 0 radical (unpaired) electrons. The van der Waals surface area contributed by atoms with Gasteiger partial charge in [0.1, 0.15) is 5.69 Å². The molecular formula is C19H20BrN3O4. The van der Waals surface area contributed by atoms with Crippen LogP contribution >= 0.6 is 15.9 Å². The fraction of sp³-hybridized carbons (Fsp3) is 0.316. The van der Waals surface area contributed by atoms with Crippen molar-refractivity contribution in [2.75, 3.05) is 38.3 Å². The van der Waals surface area contributed by atoms with Gasteiger partial charge in [-0.25, -0.2) is 0 Å². The van der Waals surface area contributed by atoms with Crippen molar-refractivity contribution in [3.63, 3.8) is 0 Å². The molecule has 0 N–H and O–H groups in total. The summed E-state index contributed by atoms with van der Waals surface area (Å²) >= 11 is 3.38. The van der Waals surface area contributed by atoms with Gasteiger partial charge in [0, 0.05) is 42.8 Å². The summed E-state index contributed by atoms with van der Waals surface area (Å²) in [6.07, 6.45) is 0. The van der Waals surface area contributed by atoms with E-state index in [0.717, 1.165) is 10.0 Å². The fourth-order valence-electron chi connectivity index (χ4n) is 3.03. The topological polar surface area (TPSA) is 75.9 Å². The van der Waals surface area contributed by atoms with Crippen molar-refractivity contribution in [3.05, 3.63) is 68.2 Å². The molecule has 1 saturated heterocycles. The first-order chi connectivity index (χ1) is 13.0. The molecule has 1 aliphatic rings. The molecule has 2 aromatic rings. The lowest BCUT2D eigenvalue weighted by Gasteiger charge is -2.28. The van der Waals surface area contributed by atoms with Gasteiger partial charge in [0.2, 0.25) is 0 Å². The third kappa shape index (κ3) is 4.64. The maximum absolute atomic E-state index is 12.7. The van der Waals surface area contributed by atoms with Gasteiger partial charge in [-0.1, -0.05) is 28.1 Å². The van der Waals surface area contributed by atoms with Crippen LogP contribution in [0.2, 0.25) is 0 Å². The summed E-state index contributed by atoms with van der Waals surface area (Å²) in [7, 11) is 1.69. The van der Waals surface area contributed by atoms with E-state index in [-0.39, 0.29) is 11.6 Å². The summed E-state index contributed by atoms with van der Waals surface area (Å²) in [5, 5.41) is 11.6. The number of halogens is 1. The number of amides is 1. The number of carbonyl (C=O) groups excluding carboxylic acids is 1. The molecule has 1 heterocycles. The predicted molar refractivity (Wildman–Crippen MR) is 106 cm³/mol. The molecule has 8 heteroatoms. The van der Waals surface area contributed by atoms with E-state index >= 15 is 0 Å². The van der Waals surface area contributed by atoms with E-state index in [1.54, 1.807) is 24.1 Å². The van der Waals surface area contributed by atoms with E-state index < -0.39 is 4.92 Å². The Morgan fingerprint density at radius 3 is 2.52 bits per heavy atom. The van der Waals surface area contributed by atoms with Crippen LogP contribution in [0.3, 0.4) is 0 Å². The maximum atomic E-state index is 12.7. The highest BCUT2D eigenvalue weighted by molar-refractivity contribution is 9.10. The molecule has 7 nitrogen and oxygen atoms in total. The number of anilines is 1. The number of hydrogen-bond acceptors (Lipinski definition) is 5. The fourth-order valence-corrected chi connectivity index (χ4v) is 3.29. The highest BCUT2D eigenvalue weighted by Gasteiger charge is 2.24. The van der Waals surface area contributed by atoms with Crippen LogP contribution in [0.25, 0.3) is 0 Å². The molecule has 0 saturated carbocycles. The number of benzene rings is 2. The first kappa shape index (κ1) is 19.3. The average Bonchev–Trinajstić information content (AvgIpc) is 2.69. The van der Waals surface area contributed by atoms with Gasteiger partial charge in [-0.2, -0.15) is 0 Å². The van der Waals surface area contributed by atoms with Gasteiger partial charge in [0.15, 0.2) is 0 Å². The van der Waals surface area contributed by atoms with Gasteiger partial charge >= 0.3 is 0 Å². The van der Waals surface area contributed by atoms with E-state index in [9.17, 15) is 14.9 Å². The van der Waals surface area contributed by atoms with Crippen LogP contribution in [-0.4, -0.2) is 49.1 Å². The second-order valence-electron chi connectivity index (χ2n) is 6.35. The number of nitro benzene ring substituents is 1. The highest BCUT2D eigenvalue weighted by atomic mass is 79.9. The second-order valence-corrected chi connectivity index (χ2v) is 7.26.